The van der Waals surface area contributed by atoms with Gasteiger partial charge in [0, 0.05) is 32.5 Å². The average molecular weight is 270 g/mol. The van der Waals surface area contributed by atoms with Crippen LogP contribution >= 0.6 is 0 Å². The first kappa shape index (κ1) is 12.8. The van der Waals surface area contributed by atoms with Crippen molar-refractivity contribution < 1.29 is 13.2 Å². The van der Waals surface area contributed by atoms with Gasteiger partial charge in [-0.25, -0.2) is 8.42 Å². The summed E-state index contributed by atoms with van der Waals surface area (Å²) >= 11 is 0. The number of piperazine rings is 1. The Morgan fingerprint density at radius 1 is 1.50 bits per heavy atom. The van der Waals surface area contributed by atoms with Gasteiger partial charge < -0.3 is 10.6 Å². The van der Waals surface area contributed by atoms with Crippen LogP contribution in [-0.2, 0) is 14.8 Å². The molecule has 0 saturated carbocycles. The van der Waals surface area contributed by atoms with Crippen molar-refractivity contribution in [1.29, 1.82) is 0 Å². The summed E-state index contributed by atoms with van der Waals surface area (Å²) in [6.45, 7) is 0.444. The molecule has 18 heavy (non-hydrogen) atoms. The minimum atomic E-state index is -3.69. The molecule has 1 aromatic rings. The lowest BCUT2D eigenvalue weighted by Gasteiger charge is -2.26. The van der Waals surface area contributed by atoms with E-state index in [1.54, 1.807) is 13.1 Å². The molecule has 1 aliphatic heterocycles. The standard InChI is InChI=1S/C10H14N4O3S/c1-11-8-2-3-12-6-9(8)18(16,17)14-5-4-13-10(15)7-14/h2-3,6H,4-5,7H2,1H3,(H,11,12)(H,13,15). The normalized spacial score (nSPS) is 17.3. The Morgan fingerprint density at radius 2 is 2.28 bits per heavy atom. The number of nitrogens with one attached hydrogen (secondary N) is 2. The molecule has 0 radical (unpaired) electrons. The number of sulfonamides is 1. The predicted molar refractivity (Wildman–Crippen MR) is 65.6 cm³/mol. The molecule has 2 rings (SSSR count). The second kappa shape index (κ2) is 4.91. The Kier molecular flexibility index (Phi) is 3.48. The second-order valence-corrected chi connectivity index (χ2v) is 5.72. The van der Waals surface area contributed by atoms with E-state index in [1.807, 2.05) is 0 Å². The lowest BCUT2D eigenvalue weighted by molar-refractivity contribution is -0.122. The molecule has 0 atom stereocenters. The molecule has 1 fully saturated rings. The van der Waals surface area contributed by atoms with Gasteiger partial charge in [-0.3, -0.25) is 9.78 Å². The highest BCUT2D eigenvalue weighted by atomic mass is 32.2. The SMILES string of the molecule is CNc1ccncc1S(=O)(=O)N1CCNC(=O)C1. The Morgan fingerprint density at radius 3 is 2.94 bits per heavy atom. The maximum atomic E-state index is 12.4. The van der Waals surface area contributed by atoms with Crippen molar-refractivity contribution in [3.8, 4) is 0 Å². The van der Waals surface area contributed by atoms with Crippen LogP contribution in [0.5, 0.6) is 0 Å². The Hall–Kier alpha value is -1.67. The van der Waals surface area contributed by atoms with Crippen LogP contribution in [0, 0.1) is 0 Å². The van der Waals surface area contributed by atoms with Gasteiger partial charge in [0.1, 0.15) is 4.90 Å². The molecule has 1 amide bonds. The van der Waals surface area contributed by atoms with Crippen LogP contribution in [0.4, 0.5) is 5.69 Å². The fraction of sp³-hybridized carbons (Fsp3) is 0.400. The quantitative estimate of drug-likeness (QED) is 0.753. The number of nitrogens with zero attached hydrogens (tertiary/aromatic N) is 2. The zero-order valence-corrected chi connectivity index (χ0v) is 10.7. The second-order valence-electron chi connectivity index (χ2n) is 3.81. The van der Waals surface area contributed by atoms with E-state index in [9.17, 15) is 13.2 Å². The predicted octanol–water partition coefficient (Wildman–Crippen LogP) is -0.756. The zero-order chi connectivity index (χ0) is 13.2. The summed E-state index contributed by atoms with van der Waals surface area (Å²) in [5, 5.41) is 5.39. The molecule has 1 saturated heterocycles. The molecule has 0 aromatic carbocycles. The van der Waals surface area contributed by atoms with Crippen molar-refractivity contribution >= 4 is 21.6 Å². The lowest BCUT2D eigenvalue weighted by Crippen LogP contribution is -2.49. The number of carbonyl (C=O) groups excluding carboxylic acids is 1. The molecule has 0 spiro atoms. The van der Waals surface area contributed by atoms with Crippen molar-refractivity contribution in [2.75, 3.05) is 32.0 Å². The monoisotopic (exact) mass is 270 g/mol. The molecule has 2 N–H and O–H groups in total. The minimum absolute atomic E-state index is 0.0854. The molecule has 0 aliphatic carbocycles. The van der Waals surface area contributed by atoms with E-state index in [1.165, 1.54) is 12.4 Å². The van der Waals surface area contributed by atoms with E-state index >= 15 is 0 Å². The number of hydrogen-bond acceptors (Lipinski definition) is 5. The van der Waals surface area contributed by atoms with Crippen molar-refractivity contribution in [2.24, 2.45) is 0 Å². The number of pyridine rings is 1. The first-order valence-electron chi connectivity index (χ1n) is 5.44. The van der Waals surface area contributed by atoms with E-state index in [4.69, 9.17) is 0 Å². The third-order valence-corrected chi connectivity index (χ3v) is 4.55. The van der Waals surface area contributed by atoms with Crippen molar-refractivity contribution in [1.82, 2.24) is 14.6 Å². The van der Waals surface area contributed by atoms with Gasteiger partial charge in [0.05, 0.1) is 12.2 Å². The lowest BCUT2D eigenvalue weighted by atomic mass is 10.4. The molecule has 7 nitrogen and oxygen atoms in total. The maximum Gasteiger partial charge on any atom is 0.247 e. The molecule has 0 bridgehead atoms. The molecule has 1 aliphatic rings. The molecule has 2 heterocycles. The summed E-state index contributed by atoms with van der Waals surface area (Å²) in [4.78, 5) is 15.2. The van der Waals surface area contributed by atoms with E-state index in [-0.39, 0.29) is 23.9 Å². The van der Waals surface area contributed by atoms with E-state index in [2.05, 4.69) is 15.6 Å². The average Bonchev–Trinajstić information content (AvgIpc) is 2.38. The van der Waals surface area contributed by atoms with Gasteiger partial charge in [-0.2, -0.15) is 4.31 Å². The summed E-state index contributed by atoms with van der Waals surface area (Å²) in [6, 6.07) is 1.58. The third-order valence-electron chi connectivity index (χ3n) is 2.68. The van der Waals surface area contributed by atoms with Gasteiger partial charge in [0.15, 0.2) is 0 Å². The molecular formula is C10H14N4O3S. The summed E-state index contributed by atoms with van der Waals surface area (Å²) < 4.78 is 25.9. The highest BCUT2D eigenvalue weighted by molar-refractivity contribution is 7.89. The number of rotatable bonds is 3. The third kappa shape index (κ3) is 2.29. The summed E-state index contributed by atoms with van der Waals surface area (Å²) in [5.74, 6) is -0.292. The summed E-state index contributed by atoms with van der Waals surface area (Å²) in [6.07, 6.45) is 2.79. The maximum absolute atomic E-state index is 12.4. The Bertz CT molecular complexity index is 558. The van der Waals surface area contributed by atoms with Crippen molar-refractivity contribution in [3.05, 3.63) is 18.5 Å². The number of hydrogen-bond donors (Lipinski definition) is 2. The van der Waals surface area contributed by atoms with Crippen molar-refractivity contribution in [2.45, 2.75) is 4.90 Å². The van der Waals surface area contributed by atoms with E-state index in [0.717, 1.165) is 4.31 Å². The van der Waals surface area contributed by atoms with Crippen LogP contribution < -0.4 is 10.6 Å². The van der Waals surface area contributed by atoms with Crippen LogP contribution in [-0.4, -0.2) is 50.3 Å². The minimum Gasteiger partial charge on any atom is -0.387 e. The first-order chi connectivity index (χ1) is 8.55. The number of amides is 1. The number of carbonyl (C=O) groups is 1. The smallest absolute Gasteiger partial charge is 0.247 e. The van der Waals surface area contributed by atoms with E-state index in [0.29, 0.717) is 12.2 Å². The molecule has 8 heteroatoms. The van der Waals surface area contributed by atoms with Gasteiger partial charge >= 0.3 is 0 Å². The fourth-order valence-corrected chi connectivity index (χ4v) is 3.29. The van der Waals surface area contributed by atoms with Gasteiger partial charge in [-0.05, 0) is 6.07 Å². The topological polar surface area (TPSA) is 91.4 Å². The van der Waals surface area contributed by atoms with Gasteiger partial charge in [-0.15, -0.1) is 0 Å². The number of aromatic nitrogens is 1. The molecule has 0 unspecified atom stereocenters. The van der Waals surface area contributed by atoms with E-state index < -0.39 is 10.0 Å². The van der Waals surface area contributed by atoms with Crippen molar-refractivity contribution in [3.63, 3.8) is 0 Å². The Balaban J connectivity index is 2.38. The van der Waals surface area contributed by atoms with Crippen LogP contribution in [0.2, 0.25) is 0 Å². The van der Waals surface area contributed by atoms with Gasteiger partial charge in [0.25, 0.3) is 0 Å². The van der Waals surface area contributed by atoms with Crippen LogP contribution in [0.25, 0.3) is 0 Å². The highest BCUT2D eigenvalue weighted by Crippen LogP contribution is 2.23. The van der Waals surface area contributed by atoms with Gasteiger partial charge in [-0.1, -0.05) is 0 Å². The molecule has 1 aromatic heterocycles. The zero-order valence-electron chi connectivity index (χ0n) is 9.88. The first-order valence-corrected chi connectivity index (χ1v) is 6.88. The summed E-state index contributed by atoms with van der Waals surface area (Å²) in [7, 11) is -2.05. The summed E-state index contributed by atoms with van der Waals surface area (Å²) in [5.41, 5.74) is 0.469. The van der Waals surface area contributed by atoms with Gasteiger partial charge in [0.2, 0.25) is 15.9 Å². The Labute approximate surface area is 105 Å². The number of anilines is 1. The molecular weight excluding hydrogens is 256 g/mol. The fourth-order valence-electron chi connectivity index (χ4n) is 1.75. The molecule has 98 valence electrons. The van der Waals surface area contributed by atoms with Crippen LogP contribution in [0.15, 0.2) is 23.4 Å². The van der Waals surface area contributed by atoms with Crippen LogP contribution in [0.3, 0.4) is 0 Å². The largest absolute Gasteiger partial charge is 0.387 e. The van der Waals surface area contributed by atoms with Crippen LogP contribution in [0.1, 0.15) is 0 Å². The highest BCUT2D eigenvalue weighted by Gasteiger charge is 2.30.